The van der Waals surface area contributed by atoms with Crippen LogP contribution >= 0.6 is 0 Å². The summed E-state index contributed by atoms with van der Waals surface area (Å²) in [5.41, 5.74) is 1.73. The third-order valence-electron chi connectivity index (χ3n) is 2.33. The maximum absolute atomic E-state index is 10.2. The van der Waals surface area contributed by atoms with Crippen molar-refractivity contribution in [2.75, 3.05) is 6.61 Å². The lowest BCUT2D eigenvalue weighted by atomic mass is 10.1. The monoisotopic (exact) mass is 189 g/mol. The number of isocyanates is 1. The first-order chi connectivity index (χ1) is 6.92. The van der Waals surface area contributed by atoms with Crippen LogP contribution in [0.15, 0.2) is 23.2 Å². The minimum atomic E-state index is 0.597. The van der Waals surface area contributed by atoms with Crippen LogP contribution in [0.1, 0.15) is 18.4 Å². The zero-order chi connectivity index (χ0) is 9.80. The summed E-state index contributed by atoms with van der Waals surface area (Å²) in [6.07, 6.45) is 4.73. The Morgan fingerprint density at radius 1 is 1.36 bits per heavy atom. The van der Waals surface area contributed by atoms with Crippen LogP contribution in [0.4, 0.5) is 5.69 Å². The third kappa shape index (κ3) is 1.68. The summed E-state index contributed by atoms with van der Waals surface area (Å²) in [6, 6.07) is 5.68. The van der Waals surface area contributed by atoms with E-state index in [1.807, 2.05) is 12.1 Å². The van der Waals surface area contributed by atoms with E-state index < -0.39 is 0 Å². The van der Waals surface area contributed by atoms with Crippen LogP contribution in [0.3, 0.4) is 0 Å². The molecule has 2 rings (SSSR count). The predicted molar refractivity (Wildman–Crippen MR) is 52.7 cm³/mol. The highest BCUT2D eigenvalue weighted by Gasteiger charge is 2.12. The van der Waals surface area contributed by atoms with Gasteiger partial charge in [-0.2, -0.15) is 4.99 Å². The lowest BCUT2D eigenvalue weighted by molar-refractivity contribution is 0.318. The third-order valence-corrected chi connectivity index (χ3v) is 2.33. The van der Waals surface area contributed by atoms with Gasteiger partial charge in [0.05, 0.1) is 6.61 Å². The molecule has 1 aliphatic rings. The second-order valence-electron chi connectivity index (χ2n) is 3.27. The highest BCUT2D eigenvalue weighted by Crippen LogP contribution is 2.33. The Balaban J connectivity index is 2.47. The highest BCUT2D eigenvalue weighted by atomic mass is 16.5. The smallest absolute Gasteiger partial charge is 0.240 e. The molecule has 0 aromatic heterocycles. The molecule has 1 heterocycles. The van der Waals surface area contributed by atoms with Crippen molar-refractivity contribution < 1.29 is 9.53 Å². The fourth-order valence-corrected chi connectivity index (χ4v) is 1.66. The molecule has 0 spiro atoms. The molecule has 14 heavy (non-hydrogen) atoms. The minimum Gasteiger partial charge on any atom is -0.491 e. The average Bonchev–Trinajstić information content (AvgIpc) is 2.44. The molecule has 0 radical (unpaired) electrons. The Kier molecular flexibility index (Phi) is 2.61. The van der Waals surface area contributed by atoms with Gasteiger partial charge in [0.1, 0.15) is 11.4 Å². The van der Waals surface area contributed by atoms with Crippen LogP contribution in [0.25, 0.3) is 0 Å². The summed E-state index contributed by atoms with van der Waals surface area (Å²) in [6.45, 7) is 0.707. The van der Waals surface area contributed by atoms with Gasteiger partial charge in [-0.05, 0) is 30.9 Å². The molecular weight excluding hydrogens is 178 g/mol. The molecule has 0 atom stereocenters. The van der Waals surface area contributed by atoms with E-state index in [2.05, 4.69) is 4.99 Å². The van der Waals surface area contributed by atoms with Crippen molar-refractivity contribution in [3.05, 3.63) is 23.8 Å². The number of fused-ring (bicyclic) bond motifs is 1. The van der Waals surface area contributed by atoms with E-state index in [-0.39, 0.29) is 0 Å². The van der Waals surface area contributed by atoms with Gasteiger partial charge < -0.3 is 4.74 Å². The van der Waals surface area contributed by atoms with Crippen molar-refractivity contribution in [3.63, 3.8) is 0 Å². The zero-order valence-corrected chi connectivity index (χ0v) is 7.82. The second-order valence-corrected chi connectivity index (χ2v) is 3.27. The number of hydrogen-bond acceptors (Lipinski definition) is 3. The Morgan fingerprint density at radius 3 is 3.14 bits per heavy atom. The Bertz CT molecular complexity index is 381. The van der Waals surface area contributed by atoms with Crippen molar-refractivity contribution in [2.24, 2.45) is 4.99 Å². The molecule has 0 fully saturated rings. The van der Waals surface area contributed by atoms with Gasteiger partial charge >= 0.3 is 0 Å². The van der Waals surface area contributed by atoms with Crippen molar-refractivity contribution in [1.82, 2.24) is 0 Å². The van der Waals surface area contributed by atoms with E-state index in [9.17, 15) is 4.79 Å². The van der Waals surface area contributed by atoms with Gasteiger partial charge in [-0.1, -0.05) is 12.1 Å². The molecule has 1 aromatic rings. The van der Waals surface area contributed by atoms with E-state index in [0.29, 0.717) is 12.3 Å². The molecule has 0 unspecified atom stereocenters. The lowest BCUT2D eigenvalue weighted by Gasteiger charge is -2.08. The Morgan fingerprint density at radius 2 is 2.29 bits per heavy atom. The summed E-state index contributed by atoms with van der Waals surface area (Å²) in [5, 5.41) is 0. The number of hydrogen-bond donors (Lipinski definition) is 0. The van der Waals surface area contributed by atoms with E-state index in [0.717, 1.165) is 30.6 Å². The van der Waals surface area contributed by atoms with E-state index in [1.54, 1.807) is 12.1 Å². The Labute approximate surface area is 82.4 Å². The zero-order valence-electron chi connectivity index (χ0n) is 7.82. The number of benzene rings is 1. The SMILES string of the molecule is O=C=Nc1cccc2c1OCCCC2. The average molecular weight is 189 g/mol. The summed E-state index contributed by atoms with van der Waals surface area (Å²) in [7, 11) is 0. The maximum atomic E-state index is 10.2. The van der Waals surface area contributed by atoms with Crippen molar-refractivity contribution in [1.29, 1.82) is 0 Å². The molecule has 0 N–H and O–H groups in total. The first-order valence-corrected chi connectivity index (χ1v) is 4.74. The number of rotatable bonds is 1. The fourth-order valence-electron chi connectivity index (χ4n) is 1.66. The van der Waals surface area contributed by atoms with E-state index in [4.69, 9.17) is 4.74 Å². The van der Waals surface area contributed by atoms with Gasteiger partial charge in [0, 0.05) is 0 Å². The van der Waals surface area contributed by atoms with Gasteiger partial charge in [0.15, 0.2) is 0 Å². The van der Waals surface area contributed by atoms with Crippen LogP contribution in [-0.2, 0) is 11.2 Å². The molecule has 1 aromatic carbocycles. The van der Waals surface area contributed by atoms with Crippen LogP contribution < -0.4 is 4.74 Å². The standard InChI is InChI=1S/C11H11NO2/c13-8-12-10-6-3-5-9-4-1-2-7-14-11(9)10/h3,5-6H,1-2,4,7H2. The van der Waals surface area contributed by atoms with E-state index >= 15 is 0 Å². The summed E-state index contributed by atoms with van der Waals surface area (Å²) in [5.74, 6) is 0.758. The molecule has 0 saturated carbocycles. The molecule has 0 aliphatic carbocycles. The molecule has 0 bridgehead atoms. The van der Waals surface area contributed by atoms with Crippen LogP contribution in [0.5, 0.6) is 5.75 Å². The van der Waals surface area contributed by atoms with Crippen molar-refractivity contribution >= 4 is 11.8 Å². The van der Waals surface area contributed by atoms with Gasteiger partial charge in [-0.25, -0.2) is 4.79 Å². The highest BCUT2D eigenvalue weighted by molar-refractivity contribution is 5.60. The van der Waals surface area contributed by atoms with Gasteiger partial charge in [-0.3, -0.25) is 0 Å². The van der Waals surface area contributed by atoms with Gasteiger partial charge in [0.2, 0.25) is 6.08 Å². The van der Waals surface area contributed by atoms with Crippen LogP contribution in [0.2, 0.25) is 0 Å². The first kappa shape index (κ1) is 8.97. The lowest BCUT2D eigenvalue weighted by Crippen LogP contribution is -1.94. The van der Waals surface area contributed by atoms with Crippen molar-refractivity contribution in [3.8, 4) is 5.75 Å². The topological polar surface area (TPSA) is 38.7 Å². The predicted octanol–water partition coefficient (Wildman–Crippen LogP) is 2.37. The fraction of sp³-hybridized carbons (Fsp3) is 0.364. The number of aliphatic imine (C=N–C) groups is 1. The molecule has 3 nitrogen and oxygen atoms in total. The molecule has 0 saturated heterocycles. The Hall–Kier alpha value is -1.60. The van der Waals surface area contributed by atoms with Crippen LogP contribution in [-0.4, -0.2) is 12.7 Å². The number of carbonyl (C=O) groups excluding carboxylic acids is 1. The largest absolute Gasteiger partial charge is 0.491 e. The van der Waals surface area contributed by atoms with Crippen molar-refractivity contribution in [2.45, 2.75) is 19.3 Å². The molecule has 0 amide bonds. The summed E-state index contributed by atoms with van der Waals surface area (Å²) < 4.78 is 5.56. The normalized spacial score (nSPS) is 14.6. The minimum absolute atomic E-state index is 0.597. The van der Waals surface area contributed by atoms with Gasteiger partial charge in [-0.15, -0.1) is 0 Å². The number of ether oxygens (including phenoxy) is 1. The first-order valence-electron chi connectivity index (χ1n) is 4.74. The number of aryl methyl sites for hydroxylation is 1. The quantitative estimate of drug-likeness (QED) is 0.502. The van der Waals surface area contributed by atoms with Crippen LogP contribution in [0, 0.1) is 0 Å². The number of nitrogens with zero attached hydrogens (tertiary/aromatic N) is 1. The molecule has 1 aliphatic heterocycles. The van der Waals surface area contributed by atoms with Gasteiger partial charge in [0.25, 0.3) is 0 Å². The summed E-state index contributed by atoms with van der Waals surface area (Å²) >= 11 is 0. The summed E-state index contributed by atoms with van der Waals surface area (Å²) in [4.78, 5) is 13.8. The molecule has 72 valence electrons. The maximum Gasteiger partial charge on any atom is 0.240 e. The van der Waals surface area contributed by atoms with E-state index in [1.165, 1.54) is 0 Å². The molecule has 3 heteroatoms. The second kappa shape index (κ2) is 4.07. The molecular formula is C11H11NO2. The number of para-hydroxylation sites is 1.